The van der Waals surface area contributed by atoms with E-state index < -0.39 is 24.2 Å². The van der Waals surface area contributed by atoms with Gasteiger partial charge >= 0.3 is 5.97 Å². The summed E-state index contributed by atoms with van der Waals surface area (Å²) in [6.07, 6.45) is -0.0381. The molecule has 0 aliphatic carbocycles. The number of aliphatic carboxylic acids is 1. The fraction of sp³-hybridized carbons (Fsp3) is 0.500. The van der Waals surface area contributed by atoms with Crippen LogP contribution in [0.15, 0.2) is 30.3 Å². The van der Waals surface area contributed by atoms with Crippen LogP contribution in [0.3, 0.4) is 0 Å². The highest BCUT2D eigenvalue weighted by molar-refractivity contribution is 5.72. The van der Waals surface area contributed by atoms with Crippen LogP contribution in [0.5, 0.6) is 0 Å². The van der Waals surface area contributed by atoms with Gasteiger partial charge in [0.1, 0.15) is 0 Å². The summed E-state index contributed by atoms with van der Waals surface area (Å²) < 4.78 is 0. The molecule has 0 heterocycles. The van der Waals surface area contributed by atoms with Crippen LogP contribution in [0, 0.1) is 0 Å². The molecule has 106 valence electrons. The molecule has 0 fully saturated rings. The van der Waals surface area contributed by atoms with Gasteiger partial charge in [0.05, 0.1) is 6.10 Å². The van der Waals surface area contributed by atoms with Crippen LogP contribution in [-0.2, 0) is 11.2 Å². The summed E-state index contributed by atoms with van der Waals surface area (Å²) in [5.74, 6) is -1.36. The number of aryl methyl sites for hydroxylation is 1. The molecule has 5 heteroatoms. The van der Waals surface area contributed by atoms with Crippen LogP contribution >= 0.6 is 0 Å². The summed E-state index contributed by atoms with van der Waals surface area (Å²) in [6, 6.07) is 8.98. The SMILES string of the molecule is N[C@H](CC(O)CCCc1ccccc1)C(O)C(=O)O. The summed E-state index contributed by atoms with van der Waals surface area (Å²) >= 11 is 0. The van der Waals surface area contributed by atoms with Gasteiger partial charge in [0.2, 0.25) is 0 Å². The number of carbonyl (C=O) groups is 1. The van der Waals surface area contributed by atoms with Gasteiger partial charge in [-0.1, -0.05) is 30.3 Å². The first-order valence-corrected chi connectivity index (χ1v) is 6.39. The molecule has 0 aromatic heterocycles. The molecule has 0 aliphatic rings. The van der Waals surface area contributed by atoms with Gasteiger partial charge in [-0.2, -0.15) is 0 Å². The Morgan fingerprint density at radius 2 is 1.84 bits per heavy atom. The van der Waals surface area contributed by atoms with Gasteiger partial charge in [-0.3, -0.25) is 0 Å². The number of benzene rings is 1. The van der Waals surface area contributed by atoms with Crippen molar-refractivity contribution in [2.45, 2.75) is 43.9 Å². The molecule has 0 saturated heterocycles. The van der Waals surface area contributed by atoms with Crippen LogP contribution in [0.2, 0.25) is 0 Å². The highest BCUT2D eigenvalue weighted by Gasteiger charge is 2.24. The molecule has 19 heavy (non-hydrogen) atoms. The Bertz CT molecular complexity index is 382. The molecular weight excluding hydrogens is 246 g/mol. The molecule has 5 N–H and O–H groups in total. The lowest BCUT2D eigenvalue weighted by Gasteiger charge is -2.18. The standard InChI is InChI=1S/C14H21NO4/c15-12(13(17)14(18)19)9-11(16)8-4-7-10-5-2-1-3-6-10/h1-3,5-6,11-13,16-17H,4,7-9,15H2,(H,18,19)/t11?,12-,13?/m1/s1. The maximum Gasteiger partial charge on any atom is 0.334 e. The van der Waals surface area contributed by atoms with E-state index in [0.29, 0.717) is 6.42 Å². The molecule has 3 atom stereocenters. The molecular formula is C14H21NO4. The normalized spacial score (nSPS) is 15.7. The number of nitrogens with two attached hydrogens (primary N) is 1. The number of aliphatic hydroxyl groups excluding tert-OH is 2. The van der Waals surface area contributed by atoms with E-state index in [0.717, 1.165) is 12.8 Å². The molecule has 0 aliphatic heterocycles. The summed E-state index contributed by atoms with van der Waals surface area (Å²) in [6.45, 7) is 0. The molecule has 1 aromatic rings. The smallest absolute Gasteiger partial charge is 0.334 e. The van der Waals surface area contributed by atoms with Gasteiger partial charge < -0.3 is 21.1 Å². The lowest BCUT2D eigenvalue weighted by atomic mass is 9.99. The molecule has 0 bridgehead atoms. The van der Waals surface area contributed by atoms with Crippen molar-refractivity contribution in [2.75, 3.05) is 0 Å². The molecule has 0 radical (unpaired) electrons. The fourth-order valence-corrected chi connectivity index (χ4v) is 1.93. The summed E-state index contributed by atoms with van der Waals surface area (Å²) in [5.41, 5.74) is 6.71. The van der Waals surface area contributed by atoms with Gasteiger partial charge in [0, 0.05) is 6.04 Å². The van der Waals surface area contributed by atoms with Gasteiger partial charge in [0.15, 0.2) is 6.10 Å². The Morgan fingerprint density at radius 1 is 1.21 bits per heavy atom. The molecule has 0 amide bonds. The van der Waals surface area contributed by atoms with Crippen molar-refractivity contribution in [3.05, 3.63) is 35.9 Å². The van der Waals surface area contributed by atoms with Crippen molar-refractivity contribution in [3.63, 3.8) is 0 Å². The van der Waals surface area contributed by atoms with E-state index in [1.54, 1.807) is 0 Å². The first-order valence-electron chi connectivity index (χ1n) is 6.39. The van der Waals surface area contributed by atoms with Crippen molar-refractivity contribution in [3.8, 4) is 0 Å². The second-order valence-corrected chi connectivity index (χ2v) is 4.71. The van der Waals surface area contributed by atoms with Gasteiger partial charge in [-0.15, -0.1) is 0 Å². The Kier molecular flexibility index (Phi) is 6.49. The fourth-order valence-electron chi connectivity index (χ4n) is 1.93. The zero-order chi connectivity index (χ0) is 14.3. The van der Waals surface area contributed by atoms with Crippen molar-refractivity contribution in [1.29, 1.82) is 0 Å². The highest BCUT2D eigenvalue weighted by Crippen LogP contribution is 2.10. The van der Waals surface area contributed by atoms with E-state index >= 15 is 0 Å². The Labute approximate surface area is 112 Å². The topological polar surface area (TPSA) is 104 Å². The highest BCUT2D eigenvalue weighted by atomic mass is 16.4. The lowest BCUT2D eigenvalue weighted by Crippen LogP contribution is -2.42. The van der Waals surface area contributed by atoms with Crippen molar-refractivity contribution < 1.29 is 20.1 Å². The van der Waals surface area contributed by atoms with E-state index in [9.17, 15) is 15.0 Å². The number of hydrogen-bond donors (Lipinski definition) is 4. The Morgan fingerprint density at radius 3 is 2.42 bits per heavy atom. The van der Waals surface area contributed by atoms with E-state index in [2.05, 4.69) is 0 Å². The molecule has 2 unspecified atom stereocenters. The average Bonchev–Trinajstić information content (AvgIpc) is 2.38. The minimum Gasteiger partial charge on any atom is -0.479 e. The second kappa shape index (κ2) is 7.89. The van der Waals surface area contributed by atoms with Gasteiger partial charge in [0.25, 0.3) is 0 Å². The number of carboxylic acid groups (broad SMARTS) is 1. The largest absolute Gasteiger partial charge is 0.479 e. The molecule has 1 aromatic carbocycles. The number of hydrogen-bond acceptors (Lipinski definition) is 4. The molecule has 5 nitrogen and oxygen atoms in total. The van der Waals surface area contributed by atoms with Crippen LogP contribution in [0.25, 0.3) is 0 Å². The predicted octanol–water partition coefficient (Wildman–Crippen LogP) is 0.533. The molecule has 0 spiro atoms. The van der Waals surface area contributed by atoms with E-state index in [1.807, 2.05) is 30.3 Å². The summed E-state index contributed by atoms with van der Waals surface area (Å²) in [4.78, 5) is 10.5. The van der Waals surface area contributed by atoms with Crippen LogP contribution in [0.4, 0.5) is 0 Å². The number of aliphatic hydroxyl groups is 2. The van der Waals surface area contributed by atoms with Crippen LogP contribution in [-0.4, -0.2) is 39.5 Å². The van der Waals surface area contributed by atoms with Crippen molar-refractivity contribution in [2.24, 2.45) is 5.73 Å². The Hall–Kier alpha value is -1.43. The second-order valence-electron chi connectivity index (χ2n) is 4.71. The first-order chi connectivity index (χ1) is 9.00. The van der Waals surface area contributed by atoms with Crippen molar-refractivity contribution >= 4 is 5.97 Å². The molecule has 1 rings (SSSR count). The third kappa shape index (κ3) is 5.83. The quantitative estimate of drug-likeness (QED) is 0.550. The van der Waals surface area contributed by atoms with Crippen molar-refractivity contribution in [1.82, 2.24) is 0 Å². The predicted molar refractivity (Wildman–Crippen MR) is 71.6 cm³/mol. The Balaban J connectivity index is 2.24. The maximum atomic E-state index is 10.5. The monoisotopic (exact) mass is 267 g/mol. The lowest BCUT2D eigenvalue weighted by molar-refractivity contribution is -0.148. The average molecular weight is 267 g/mol. The van der Waals surface area contributed by atoms with E-state index in [-0.39, 0.29) is 6.42 Å². The van der Waals surface area contributed by atoms with Crippen LogP contribution in [0.1, 0.15) is 24.8 Å². The third-order valence-electron chi connectivity index (χ3n) is 3.05. The van der Waals surface area contributed by atoms with Gasteiger partial charge in [-0.05, 0) is 31.2 Å². The summed E-state index contributed by atoms with van der Waals surface area (Å²) in [5, 5.41) is 27.5. The van der Waals surface area contributed by atoms with E-state index in [1.165, 1.54) is 5.56 Å². The minimum absolute atomic E-state index is 0.0856. The summed E-state index contributed by atoms with van der Waals surface area (Å²) in [7, 11) is 0. The maximum absolute atomic E-state index is 10.5. The van der Waals surface area contributed by atoms with Gasteiger partial charge in [-0.25, -0.2) is 4.79 Å². The zero-order valence-corrected chi connectivity index (χ0v) is 10.8. The van der Waals surface area contributed by atoms with Crippen LogP contribution < -0.4 is 5.73 Å². The number of carboxylic acids is 1. The minimum atomic E-state index is -1.62. The van der Waals surface area contributed by atoms with E-state index in [4.69, 9.17) is 10.8 Å². The first kappa shape index (κ1) is 15.6. The number of rotatable bonds is 8. The third-order valence-corrected chi connectivity index (χ3v) is 3.05. The zero-order valence-electron chi connectivity index (χ0n) is 10.8. The molecule has 0 saturated carbocycles.